The van der Waals surface area contributed by atoms with Crippen molar-refractivity contribution in [3.63, 3.8) is 0 Å². The molecule has 0 spiro atoms. The quantitative estimate of drug-likeness (QED) is 0.740. The van der Waals surface area contributed by atoms with E-state index in [-0.39, 0.29) is 11.9 Å². The third-order valence-electron chi connectivity index (χ3n) is 4.00. The van der Waals surface area contributed by atoms with Crippen molar-refractivity contribution in [3.05, 3.63) is 58.1 Å². The molecule has 2 N–H and O–H groups in total. The summed E-state index contributed by atoms with van der Waals surface area (Å²) in [7, 11) is 0. The Morgan fingerprint density at radius 1 is 1.26 bits per heavy atom. The van der Waals surface area contributed by atoms with Crippen molar-refractivity contribution in [1.82, 2.24) is 5.32 Å². The lowest BCUT2D eigenvalue weighted by molar-refractivity contribution is -0.121. The smallest absolute Gasteiger partial charge is 0.221 e. The van der Waals surface area contributed by atoms with E-state index in [0.717, 1.165) is 39.1 Å². The van der Waals surface area contributed by atoms with E-state index in [1.165, 1.54) is 0 Å². The van der Waals surface area contributed by atoms with Crippen molar-refractivity contribution in [1.29, 1.82) is 0 Å². The number of carbonyl (C=O) groups excluding carboxylic acids is 1. The molecular formula is C18H18BrNO2S. The molecule has 1 aliphatic rings. The molecule has 0 aliphatic heterocycles. The van der Waals surface area contributed by atoms with Gasteiger partial charge < -0.3 is 10.4 Å². The Balaban J connectivity index is 1.52. The highest BCUT2D eigenvalue weighted by Gasteiger charge is 2.25. The van der Waals surface area contributed by atoms with Gasteiger partial charge in [0.15, 0.2) is 0 Å². The maximum atomic E-state index is 12.2. The van der Waals surface area contributed by atoms with Crippen molar-refractivity contribution in [2.45, 2.75) is 30.2 Å². The number of phenolic OH excluding ortho intramolecular Hbond substituents is 1. The minimum Gasteiger partial charge on any atom is -0.508 e. The van der Waals surface area contributed by atoms with Gasteiger partial charge in [0.05, 0.1) is 6.04 Å². The van der Waals surface area contributed by atoms with Gasteiger partial charge >= 0.3 is 0 Å². The van der Waals surface area contributed by atoms with Gasteiger partial charge in [-0.25, -0.2) is 0 Å². The first-order valence-electron chi connectivity index (χ1n) is 7.62. The normalized spacial score (nSPS) is 16.1. The summed E-state index contributed by atoms with van der Waals surface area (Å²) in [6, 6.07) is 13.6. The first-order valence-corrected chi connectivity index (χ1v) is 9.40. The van der Waals surface area contributed by atoms with E-state index in [1.807, 2.05) is 36.4 Å². The van der Waals surface area contributed by atoms with Gasteiger partial charge in [-0.3, -0.25) is 4.79 Å². The number of amides is 1. The predicted molar refractivity (Wildman–Crippen MR) is 96.8 cm³/mol. The van der Waals surface area contributed by atoms with E-state index in [0.29, 0.717) is 12.2 Å². The maximum absolute atomic E-state index is 12.2. The van der Waals surface area contributed by atoms with Crippen LogP contribution in [0.4, 0.5) is 0 Å². The number of aromatic hydroxyl groups is 1. The Hall–Kier alpha value is -1.46. The van der Waals surface area contributed by atoms with Crippen LogP contribution in [0.2, 0.25) is 0 Å². The van der Waals surface area contributed by atoms with Crippen LogP contribution in [0.15, 0.2) is 51.8 Å². The molecule has 2 aromatic rings. The van der Waals surface area contributed by atoms with E-state index in [9.17, 15) is 9.90 Å². The summed E-state index contributed by atoms with van der Waals surface area (Å²) in [6.45, 7) is 0. The number of halogens is 1. The predicted octanol–water partition coefficient (Wildman–Crippen LogP) is 4.44. The number of thioether (sulfide) groups is 1. The second kappa shape index (κ2) is 7.41. The fourth-order valence-corrected chi connectivity index (χ4v) is 4.38. The van der Waals surface area contributed by atoms with E-state index < -0.39 is 0 Å². The Labute approximate surface area is 148 Å². The van der Waals surface area contributed by atoms with E-state index in [1.54, 1.807) is 17.8 Å². The number of rotatable bonds is 5. The SMILES string of the molecule is O=C(CCSc1ccccc1Br)NC1CCc2c(O)cccc21. The molecule has 1 amide bonds. The number of hydrogen-bond donors (Lipinski definition) is 2. The molecule has 1 unspecified atom stereocenters. The van der Waals surface area contributed by atoms with Crippen molar-refractivity contribution >= 4 is 33.6 Å². The fourth-order valence-electron chi connectivity index (χ4n) is 2.87. The molecule has 2 aromatic carbocycles. The monoisotopic (exact) mass is 391 g/mol. The average molecular weight is 392 g/mol. The lowest BCUT2D eigenvalue weighted by atomic mass is 10.1. The van der Waals surface area contributed by atoms with Crippen LogP contribution in [0.25, 0.3) is 0 Å². The number of carbonyl (C=O) groups is 1. The molecule has 0 radical (unpaired) electrons. The largest absolute Gasteiger partial charge is 0.508 e. The van der Waals surface area contributed by atoms with Crippen LogP contribution < -0.4 is 5.32 Å². The van der Waals surface area contributed by atoms with Crippen LogP contribution >= 0.6 is 27.7 Å². The molecule has 1 aliphatic carbocycles. The highest BCUT2D eigenvalue weighted by atomic mass is 79.9. The van der Waals surface area contributed by atoms with Crippen molar-refractivity contribution in [2.24, 2.45) is 0 Å². The number of nitrogens with one attached hydrogen (secondary N) is 1. The van der Waals surface area contributed by atoms with E-state index in [4.69, 9.17) is 0 Å². The third-order valence-corrected chi connectivity index (χ3v) is 6.03. The van der Waals surface area contributed by atoms with Crippen molar-refractivity contribution in [3.8, 4) is 5.75 Å². The van der Waals surface area contributed by atoms with Gasteiger partial charge in [-0.15, -0.1) is 11.8 Å². The summed E-state index contributed by atoms with van der Waals surface area (Å²) in [5, 5.41) is 12.9. The van der Waals surface area contributed by atoms with Gasteiger partial charge in [-0.1, -0.05) is 24.3 Å². The summed E-state index contributed by atoms with van der Waals surface area (Å²) in [4.78, 5) is 13.3. The standard InChI is InChI=1S/C18H18BrNO2S/c19-14-5-1-2-7-17(14)23-11-10-18(22)20-15-9-8-13-12(15)4-3-6-16(13)21/h1-7,15,21H,8-11H2,(H,20,22). The van der Waals surface area contributed by atoms with Crippen LogP contribution in [-0.4, -0.2) is 16.8 Å². The van der Waals surface area contributed by atoms with E-state index in [2.05, 4.69) is 21.2 Å². The van der Waals surface area contributed by atoms with Gasteiger partial charge in [0.25, 0.3) is 0 Å². The zero-order valence-corrected chi connectivity index (χ0v) is 15.0. The number of phenols is 1. The molecule has 3 nitrogen and oxygen atoms in total. The Morgan fingerprint density at radius 2 is 2.09 bits per heavy atom. The first kappa shape index (κ1) is 16.4. The molecule has 23 heavy (non-hydrogen) atoms. The number of hydrogen-bond acceptors (Lipinski definition) is 3. The Morgan fingerprint density at radius 3 is 2.91 bits per heavy atom. The van der Waals surface area contributed by atoms with Crippen LogP contribution in [0.1, 0.15) is 30.0 Å². The van der Waals surface area contributed by atoms with Crippen molar-refractivity contribution < 1.29 is 9.90 Å². The van der Waals surface area contributed by atoms with Crippen molar-refractivity contribution in [2.75, 3.05) is 5.75 Å². The average Bonchev–Trinajstić information content (AvgIpc) is 2.94. The molecule has 0 heterocycles. The lowest BCUT2D eigenvalue weighted by Gasteiger charge is -2.14. The zero-order valence-electron chi connectivity index (χ0n) is 12.6. The molecule has 5 heteroatoms. The summed E-state index contributed by atoms with van der Waals surface area (Å²) < 4.78 is 1.06. The second-order valence-electron chi connectivity index (χ2n) is 5.53. The molecule has 0 fully saturated rings. The van der Waals surface area contributed by atoms with Gasteiger partial charge in [-0.2, -0.15) is 0 Å². The molecule has 0 saturated heterocycles. The maximum Gasteiger partial charge on any atom is 0.221 e. The fraction of sp³-hybridized carbons (Fsp3) is 0.278. The molecule has 0 bridgehead atoms. The summed E-state index contributed by atoms with van der Waals surface area (Å²) >= 11 is 5.19. The molecule has 1 atom stereocenters. The van der Waals surface area contributed by atoms with E-state index >= 15 is 0 Å². The Bertz CT molecular complexity index is 720. The first-order chi connectivity index (χ1) is 11.1. The highest BCUT2D eigenvalue weighted by Crippen LogP contribution is 2.36. The number of fused-ring (bicyclic) bond motifs is 1. The number of benzene rings is 2. The topological polar surface area (TPSA) is 49.3 Å². The molecule has 120 valence electrons. The minimum absolute atomic E-state index is 0.0260. The third kappa shape index (κ3) is 3.90. The molecule has 0 aromatic heterocycles. The minimum atomic E-state index is 0.0260. The van der Waals surface area contributed by atoms with Crippen LogP contribution in [0, 0.1) is 0 Å². The van der Waals surface area contributed by atoms with Gasteiger partial charge in [0.1, 0.15) is 5.75 Å². The van der Waals surface area contributed by atoms with Crippen LogP contribution in [-0.2, 0) is 11.2 Å². The Kier molecular flexibility index (Phi) is 5.28. The van der Waals surface area contributed by atoms with Gasteiger partial charge in [0.2, 0.25) is 5.91 Å². The highest BCUT2D eigenvalue weighted by molar-refractivity contribution is 9.10. The molecular weight excluding hydrogens is 374 g/mol. The van der Waals surface area contributed by atoms with Gasteiger partial charge in [0, 0.05) is 21.5 Å². The van der Waals surface area contributed by atoms with Gasteiger partial charge in [-0.05, 0) is 58.1 Å². The lowest BCUT2D eigenvalue weighted by Crippen LogP contribution is -2.27. The van der Waals surface area contributed by atoms with Crippen LogP contribution in [0.5, 0.6) is 5.75 Å². The molecule has 3 rings (SSSR count). The molecule has 0 saturated carbocycles. The summed E-state index contributed by atoms with van der Waals surface area (Å²) in [5.74, 6) is 1.14. The van der Waals surface area contributed by atoms with Crippen LogP contribution in [0.3, 0.4) is 0 Å². The zero-order chi connectivity index (χ0) is 16.2. The second-order valence-corrected chi connectivity index (χ2v) is 7.52. The summed E-state index contributed by atoms with van der Waals surface area (Å²) in [6.07, 6.45) is 2.16. The summed E-state index contributed by atoms with van der Waals surface area (Å²) in [5.41, 5.74) is 2.03.